The Bertz CT molecular complexity index is 303. The van der Waals surface area contributed by atoms with Gasteiger partial charge in [0, 0.05) is 0 Å². The summed E-state index contributed by atoms with van der Waals surface area (Å²) in [7, 11) is -4.26. The van der Waals surface area contributed by atoms with Crippen LogP contribution in [0.5, 0.6) is 0 Å². The Labute approximate surface area is 301 Å². The minimum absolute atomic E-state index is 0.394. The summed E-state index contributed by atoms with van der Waals surface area (Å²) in [5.74, 6) is 0. The van der Waals surface area contributed by atoms with Crippen molar-refractivity contribution in [3.8, 4) is 0 Å². The number of alkyl halides is 1. The molecule has 0 aliphatic rings. The summed E-state index contributed by atoms with van der Waals surface area (Å²) >= 11 is 36.8. The normalized spacial score (nSPS) is 18.1. The minimum atomic E-state index is -0.454. The summed E-state index contributed by atoms with van der Waals surface area (Å²) in [5.41, 5.74) is 0. The van der Waals surface area contributed by atoms with Crippen LogP contribution in [0.2, 0.25) is 0 Å². The molecule has 0 heterocycles. The van der Waals surface area contributed by atoms with Gasteiger partial charge in [0.2, 0.25) is 0 Å². The van der Waals surface area contributed by atoms with Gasteiger partial charge >= 0.3 is 319 Å². The van der Waals surface area contributed by atoms with E-state index in [-0.39, 0.29) is 0 Å². The Kier molecular flexibility index (Phi) is 41.0. The first-order valence-electron chi connectivity index (χ1n) is 3.52. The maximum atomic E-state index is 3.22. The Hall–Kier alpha value is 16.8. The molecule has 0 aromatic rings. The third-order valence-electron chi connectivity index (χ3n) is 0.884. The molecule has 0 bridgehead atoms. The molecule has 0 aromatic heterocycles. The van der Waals surface area contributed by atoms with E-state index in [0.717, 1.165) is 0 Å². The standard InChI is InChI=1S/CH3I23/c1-14(2)16(5)18(7)20(9)22(11)24(13)23(12)21(10)19(8)17(6)15(3)4/h1H3. The third-order valence-corrected chi connectivity index (χ3v) is 1600. The van der Waals surface area contributed by atoms with Crippen molar-refractivity contribution in [2.45, 2.75) is 0 Å². The molecule has 0 nitrogen and oxygen atoms in total. The predicted octanol–water partition coefficient (Wildman–Crippen LogP) is 20.5. The number of rotatable bonds is 10. The average molecular weight is 2930 g/mol. The van der Waals surface area contributed by atoms with Crippen molar-refractivity contribution >= 4 is 314 Å². The van der Waals surface area contributed by atoms with Crippen LogP contribution >= 0.6 is 314 Å². The quantitative estimate of drug-likeness (QED) is 0.151. The Morgan fingerprint density at radius 3 is 0.750 bits per heavy atom. The second-order valence-corrected chi connectivity index (χ2v) is 518. The van der Waals surface area contributed by atoms with Crippen molar-refractivity contribution < 1.29 is 0 Å². The second-order valence-electron chi connectivity index (χ2n) is 1.96. The fourth-order valence-electron chi connectivity index (χ4n) is 0.303. The first-order chi connectivity index (χ1) is 10.8. The van der Waals surface area contributed by atoms with Crippen LogP contribution in [-0.2, 0) is 0 Å². The number of hydrogen-bond acceptors (Lipinski definition) is 0. The summed E-state index contributed by atoms with van der Waals surface area (Å²) in [4.78, 5) is 2.69. The van der Waals surface area contributed by atoms with Crippen molar-refractivity contribution in [3.05, 3.63) is 0 Å². The molecule has 0 atom stereocenters. The van der Waals surface area contributed by atoms with Crippen LogP contribution < -0.4 is 0 Å². The van der Waals surface area contributed by atoms with Crippen LogP contribution in [0.15, 0.2) is 0 Å². The van der Waals surface area contributed by atoms with E-state index in [0.29, 0.717) is 0 Å². The Morgan fingerprint density at radius 2 is 0.542 bits per heavy atom. The van der Waals surface area contributed by atoms with Crippen LogP contribution in [0, 0.1) is 0 Å². The molecule has 0 N–H and O–H groups in total. The summed E-state index contributed by atoms with van der Waals surface area (Å²) in [6, 6.07) is 0. The van der Waals surface area contributed by atoms with E-state index in [1.165, 1.54) is 0 Å². The third kappa shape index (κ3) is 17.2. The fourth-order valence-corrected chi connectivity index (χ4v) is 3650. The van der Waals surface area contributed by atoms with Gasteiger partial charge in [-0.15, -0.1) is 0 Å². The van der Waals surface area contributed by atoms with Gasteiger partial charge in [0.15, 0.2) is 0 Å². The van der Waals surface area contributed by atoms with Crippen LogP contribution in [0.1, 0.15) is 0 Å². The van der Waals surface area contributed by atoms with Gasteiger partial charge in [-0.1, -0.05) is 0 Å². The van der Waals surface area contributed by atoms with E-state index in [1.54, 1.807) is 0 Å². The summed E-state index contributed by atoms with van der Waals surface area (Å²) in [6.45, 7) is 0. The van der Waals surface area contributed by atoms with E-state index in [1.807, 2.05) is 0 Å². The zero-order valence-corrected chi connectivity index (χ0v) is 59.3. The van der Waals surface area contributed by atoms with Crippen LogP contribution in [-0.4, -0.2) is 4.93 Å². The molecule has 0 amide bonds. The molecule has 0 aliphatic heterocycles. The van der Waals surface area contributed by atoms with Gasteiger partial charge in [-0.05, 0) is 0 Å². The Morgan fingerprint density at radius 1 is 0.333 bits per heavy atom. The maximum absolute atomic E-state index is 3.22. The first kappa shape index (κ1) is 40.8. The van der Waals surface area contributed by atoms with Crippen LogP contribution in [0.4, 0.5) is 0 Å². The van der Waals surface area contributed by atoms with Gasteiger partial charge in [0.25, 0.3) is 0 Å². The molecule has 0 radical (unpaired) electrons. The molecule has 0 fully saturated rings. The zero-order chi connectivity index (χ0) is 19.4. The summed E-state index contributed by atoms with van der Waals surface area (Å²) in [6.07, 6.45) is 0. The molecule has 23 heteroatoms. The number of hydrogen-bond donors (Lipinski definition) is 0. The molecule has 0 aliphatic carbocycles. The predicted molar refractivity (Wildman–Crippen MR) is 328 cm³/mol. The molecule has 0 rings (SSSR count). The van der Waals surface area contributed by atoms with Crippen molar-refractivity contribution in [3.63, 3.8) is 0 Å². The molecule has 168 valence electrons. The fraction of sp³-hybridized carbons (Fsp3) is 1.00. The van der Waals surface area contributed by atoms with Gasteiger partial charge < -0.3 is 0 Å². The SMILES string of the molecule is CI(I)I(I)I(I)I(I)I(I)I(I)I(I)I(I)I(I)I(I)I(I)I. The molecular formula is CH3I23. The van der Waals surface area contributed by atoms with E-state index in [9.17, 15) is 0 Å². The van der Waals surface area contributed by atoms with Gasteiger partial charge in [-0.2, -0.15) is 0 Å². The van der Waals surface area contributed by atoms with Gasteiger partial charge in [-0.25, -0.2) is 0 Å². The first-order valence-corrected chi connectivity index (χ1v) is 144. The summed E-state index contributed by atoms with van der Waals surface area (Å²) < 4.78 is 0. The van der Waals surface area contributed by atoms with Crippen molar-refractivity contribution in [1.82, 2.24) is 0 Å². The zero-order valence-electron chi connectivity index (χ0n) is 9.69. The molecule has 0 spiro atoms. The average Bonchev–Trinajstić information content (AvgIpc) is 2.55. The van der Waals surface area contributed by atoms with E-state index >= 15 is 0 Å². The van der Waals surface area contributed by atoms with Gasteiger partial charge in [0.05, 0.1) is 0 Å². The monoisotopic (exact) mass is 2930 g/mol. The van der Waals surface area contributed by atoms with Crippen molar-refractivity contribution in [2.75, 3.05) is 4.93 Å². The molecule has 24 heavy (non-hydrogen) atoms. The van der Waals surface area contributed by atoms with E-state index in [4.69, 9.17) is 0 Å². The number of halogens is 23. The molecule has 0 saturated heterocycles. The van der Waals surface area contributed by atoms with Crippen molar-refractivity contribution in [2.24, 2.45) is 0 Å². The van der Waals surface area contributed by atoms with E-state index in [2.05, 4.69) is 228 Å². The topological polar surface area (TPSA) is 0 Å². The molecule has 0 aromatic carbocycles. The van der Waals surface area contributed by atoms with Gasteiger partial charge in [0.1, 0.15) is 0 Å². The second kappa shape index (κ2) is 24.2. The molecular weight excluding hydrogens is 2930 g/mol. The van der Waals surface area contributed by atoms with E-state index < -0.39 is 90.8 Å². The Balaban J connectivity index is 4.95. The van der Waals surface area contributed by atoms with Crippen LogP contribution in [0.3, 0.4) is 0 Å². The van der Waals surface area contributed by atoms with Crippen LogP contribution in [0.25, 0.3) is 0 Å². The molecule has 0 saturated carbocycles. The van der Waals surface area contributed by atoms with Gasteiger partial charge in [-0.3, -0.25) is 0 Å². The van der Waals surface area contributed by atoms with Crippen molar-refractivity contribution in [1.29, 1.82) is 0 Å². The summed E-state index contributed by atoms with van der Waals surface area (Å²) in [5, 5.41) is 0. The molecule has 0 unspecified atom stereocenters.